The Hall–Kier alpha value is -1.04. The van der Waals surface area contributed by atoms with Gasteiger partial charge in [-0.15, -0.1) is 0 Å². The maximum Gasteiger partial charge on any atom is 0.0844 e. The van der Waals surface area contributed by atoms with Gasteiger partial charge >= 0.3 is 0 Å². The minimum Gasteiger partial charge on any atom is -0.210 e. The van der Waals surface area contributed by atoms with Crippen LogP contribution in [0.1, 0.15) is 32.3 Å². The van der Waals surface area contributed by atoms with Gasteiger partial charge < -0.3 is 0 Å². The fraction of sp³-hybridized carbons (Fsp3) is 0.308. The summed E-state index contributed by atoms with van der Waals surface area (Å²) in [5.74, 6) is 0. The minimum absolute atomic E-state index is 0.955. The summed E-state index contributed by atoms with van der Waals surface area (Å²) in [7, 11) is 0. The predicted octanol–water partition coefficient (Wildman–Crippen LogP) is 3.74. The first kappa shape index (κ1) is 12.4. The van der Waals surface area contributed by atoms with Gasteiger partial charge in [0.1, 0.15) is 0 Å². The molecule has 1 aromatic rings. The lowest BCUT2D eigenvalue weighted by atomic mass is 9.98. The molecule has 1 aliphatic heterocycles. The monoisotopic (exact) mass is 341 g/mol. The van der Waals surface area contributed by atoms with Crippen LogP contribution in [0.15, 0.2) is 41.0 Å². The number of halogens is 1. The molecule has 0 radical (unpaired) electrons. The highest BCUT2D eigenvalue weighted by atomic mass is 127. The molecular formula is C13H16IN3. The van der Waals surface area contributed by atoms with Crippen LogP contribution >= 0.6 is 22.9 Å². The Balaban J connectivity index is 2.52. The van der Waals surface area contributed by atoms with E-state index in [9.17, 15) is 0 Å². The number of hydrogen-bond acceptors (Lipinski definition) is 3. The Morgan fingerprint density at radius 3 is 2.47 bits per heavy atom. The van der Waals surface area contributed by atoms with E-state index < -0.39 is 0 Å². The van der Waals surface area contributed by atoms with Crippen molar-refractivity contribution in [1.82, 2.24) is 8.76 Å². The van der Waals surface area contributed by atoms with Crippen molar-refractivity contribution in [2.75, 3.05) is 0 Å². The van der Waals surface area contributed by atoms with Crippen molar-refractivity contribution >= 4 is 34.3 Å². The zero-order valence-electron chi connectivity index (χ0n) is 10.1. The van der Waals surface area contributed by atoms with Gasteiger partial charge in [-0.3, -0.25) is 0 Å². The number of hydrazine groups is 1. The standard InChI is InChI=1S/C13H16IN3/c1-3-11-12(4-2)15-16-17(14)13(11)10-8-6-5-7-9-10/h5-9,16H,3-4H2,1-2H3. The highest BCUT2D eigenvalue weighted by molar-refractivity contribution is 14.1. The molecule has 0 fully saturated rings. The molecule has 0 bridgehead atoms. The molecule has 0 aromatic heterocycles. The first-order valence-corrected chi connectivity index (χ1v) is 6.81. The molecule has 90 valence electrons. The van der Waals surface area contributed by atoms with Gasteiger partial charge in [-0.2, -0.15) is 5.10 Å². The first-order chi connectivity index (χ1) is 8.27. The van der Waals surface area contributed by atoms with Crippen LogP contribution in [0.25, 0.3) is 5.70 Å². The van der Waals surface area contributed by atoms with E-state index in [4.69, 9.17) is 0 Å². The van der Waals surface area contributed by atoms with Crippen molar-refractivity contribution < 1.29 is 0 Å². The van der Waals surface area contributed by atoms with Gasteiger partial charge in [-0.1, -0.05) is 44.2 Å². The average Bonchev–Trinajstić information content (AvgIpc) is 2.39. The van der Waals surface area contributed by atoms with Crippen LogP contribution in [0.3, 0.4) is 0 Å². The molecule has 0 atom stereocenters. The van der Waals surface area contributed by atoms with Gasteiger partial charge in [0.15, 0.2) is 0 Å². The van der Waals surface area contributed by atoms with Crippen molar-refractivity contribution in [2.24, 2.45) is 5.10 Å². The molecule has 1 aliphatic rings. The summed E-state index contributed by atoms with van der Waals surface area (Å²) in [5, 5.41) is 4.38. The third-order valence-electron chi connectivity index (χ3n) is 2.84. The Bertz CT molecular complexity index is 451. The molecule has 17 heavy (non-hydrogen) atoms. The maximum absolute atomic E-state index is 4.38. The van der Waals surface area contributed by atoms with Crippen molar-refractivity contribution in [1.29, 1.82) is 0 Å². The van der Waals surface area contributed by atoms with Crippen molar-refractivity contribution in [2.45, 2.75) is 26.7 Å². The second-order valence-electron chi connectivity index (χ2n) is 3.84. The molecule has 0 saturated carbocycles. The highest BCUT2D eigenvalue weighted by Crippen LogP contribution is 2.30. The number of rotatable bonds is 3. The van der Waals surface area contributed by atoms with Crippen molar-refractivity contribution in [3.63, 3.8) is 0 Å². The van der Waals surface area contributed by atoms with E-state index in [2.05, 4.69) is 71.6 Å². The van der Waals surface area contributed by atoms with E-state index in [0.29, 0.717) is 0 Å². The summed E-state index contributed by atoms with van der Waals surface area (Å²) in [6, 6.07) is 10.4. The molecule has 0 aliphatic carbocycles. The molecule has 1 aromatic carbocycles. The van der Waals surface area contributed by atoms with Gasteiger partial charge in [-0.05, 0) is 12.8 Å². The second kappa shape index (κ2) is 5.53. The summed E-state index contributed by atoms with van der Waals surface area (Å²) in [5.41, 5.74) is 7.98. The number of benzene rings is 1. The Morgan fingerprint density at radius 2 is 1.88 bits per heavy atom. The highest BCUT2D eigenvalue weighted by Gasteiger charge is 2.21. The lowest BCUT2D eigenvalue weighted by Gasteiger charge is -2.28. The minimum atomic E-state index is 0.955. The molecule has 1 N–H and O–H groups in total. The van der Waals surface area contributed by atoms with Gasteiger partial charge in [0.05, 0.1) is 34.3 Å². The van der Waals surface area contributed by atoms with Crippen molar-refractivity contribution in [3.8, 4) is 0 Å². The van der Waals surface area contributed by atoms with E-state index in [-0.39, 0.29) is 0 Å². The number of hydrogen-bond donors (Lipinski definition) is 1. The Morgan fingerprint density at radius 1 is 1.18 bits per heavy atom. The summed E-state index contributed by atoms with van der Waals surface area (Å²) in [6.07, 6.45) is 1.95. The summed E-state index contributed by atoms with van der Waals surface area (Å²) < 4.78 is 1.96. The van der Waals surface area contributed by atoms with Gasteiger partial charge in [0.2, 0.25) is 0 Å². The normalized spacial score (nSPS) is 15.7. The topological polar surface area (TPSA) is 27.6 Å². The van der Waals surface area contributed by atoms with Crippen LogP contribution < -0.4 is 5.53 Å². The van der Waals surface area contributed by atoms with Gasteiger partial charge in [0.25, 0.3) is 0 Å². The second-order valence-corrected chi connectivity index (χ2v) is 4.80. The smallest absolute Gasteiger partial charge is 0.0844 e. The maximum atomic E-state index is 4.38. The summed E-state index contributed by atoms with van der Waals surface area (Å²) in [6.45, 7) is 4.32. The Kier molecular flexibility index (Phi) is 4.04. The average molecular weight is 341 g/mol. The molecular weight excluding hydrogens is 325 g/mol. The van der Waals surface area contributed by atoms with Crippen LogP contribution in [0.2, 0.25) is 0 Å². The Labute approximate surface area is 116 Å². The van der Waals surface area contributed by atoms with E-state index in [1.807, 2.05) is 9.29 Å². The fourth-order valence-electron chi connectivity index (χ4n) is 2.02. The van der Waals surface area contributed by atoms with E-state index in [1.54, 1.807) is 0 Å². The molecule has 1 heterocycles. The largest absolute Gasteiger partial charge is 0.210 e. The van der Waals surface area contributed by atoms with Crippen LogP contribution in [0.5, 0.6) is 0 Å². The van der Waals surface area contributed by atoms with Gasteiger partial charge in [0, 0.05) is 11.1 Å². The summed E-state index contributed by atoms with van der Waals surface area (Å²) in [4.78, 5) is 0. The van der Waals surface area contributed by atoms with Gasteiger partial charge in [-0.25, -0.2) is 8.76 Å². The van der Waals surface area contributed by atoms with Crippen molar-refractivity contribution in [3.05, 3.63) is 41.5 Å². The molecule has 2 rings (SSSR count). The van der Waals surface area contributed by atoms with E-state index >= 15 is 0 Å². The third-order valence-corrected chi connectivity index (χ3v) is 3.54. The predicted molar refractivity (Wildman–Crippen MR) is 80.4 cm³/mol. The van der Waals surface area contributed by atoms with E-state index in [0.717, 1.165) is 18.6 Å². The zero-order valence-corrected chi connectivity index (χ0v) is 12.2. The first-order valence-electron chi connectivity index (χ1n) is 5.85. The lowest BCUT2D eigenvalue weighted by Crippen LogP contribution is -2.31. The SMILES string of the molecule is CCC1=NNN(I)C(c2ccccc2)=C1CC. The fourth-order valence-corrected chi connectivity index (χ4v) is 2.70. The number of nitrogens with one attached hydrogen (secondary N) is 1. The molecule has 0 unspecified atom stereocenters. The molecule has 3 nitrogen and oxygen atoms in total. The van der Waals surface area contributed by atoms with Crippen LogP contribution in [0.4, 0.5) is 0 Å². The lowest BCUT2D eigenvalue weighted by molar-refractivity contribution is 0.513. The van der Waals surface area contributed by atoms with Crippen LogP contribution in [-0.2, 0) is 0 Å². The molecule has 0 amide bonds. The number of hydrazone groups is 1. The number of nitrogens with zero attached hydrogens (tertiary/aromatic N) is 2. The zero-order chi connectivity index (χ0) is 12.3. The molecule has 4 heteroatoms. The third kappa shape index (κ3) is 2.46. The van der Waals surface area contributed by atoms with E-state index in [1.165, 1.54) is 16.8 Å². The molecule has 0 saturated heterocycles. The summed E-state index contributed by atoms with van der Waals surface area (Å²) >= 11 is 2.24. The quantitative estimate of drug-likeness (QED) is 0.670. The molecule has 0 spiro atoms. The number of allylic oxidation sites excluding steroid dienone is 1. The van der Waals surface area contributed by atoms with Crippen LogP contribution in [0, 0.1) is 0 Å². The van der Waals surface area contributed by atoms with Crippen LogP contribution in [-0.4, -0.2) is 8.93 Å².